The molecule has 3 heteroatoms. The lowest BCUT2D eigenvalue weighted by molar-refractivity contribution is 1.17. The molecule has 1 N–H and O–H groups in total. The Morgan fingerprint density at radius 3 is 2.30 bits per heavy atom. The van der Waals surface area contributed by atoms with Crippen LogP contribution in [0.4, 0.5) is 0 Å². The minimum atomic E-state index is -0.0899. The highest BCUT2D eigenvalue weighted by atomic mass is 16.1. The fourth-order valence-electron chi connectivity index (χ4n) is 2.50. The molecule has 0 bridgehead atoms. The number of hydrogen-bond donors (Lipinski definition) is 1. The van der Waals surface area contributed by atoms with Crippen molar-refractivity contribution in [3.8, 4) is 11.4 Å². The third-order valence-electron chi connectivity index (χ3n) is 3.36. The molecule has 0 unspecified atom stereocenters. The van der Waals surface area contributed by atoms with Gasteiger partial charge in [-0.15, -0.1) is 0 Å². The van der Waals surface area contributed by atoms with Crippen LogP contribution in [0.5, 0.6) is 0 Å². The van der Waals surface area contributed by atoms with Crippen LogP contribution in [0.1, 0.15) is 16.7 Å². The minimum absolute atomic E-state index is 0.0899. The van der Waals surface area contributed by atoms with Crippen LogP contribution in [0.15, 0.2) is 41.2 Å². The van der Waals surface area contributed by atoms with Crippen LogP contribution in [-0.4, -0.2) is 9.97 Å². The van der Waals surface area contributed by atoms with Gasteiger partial charge in [-0.2, -0.15) is 0 Å². The largest absolute Gasteiger partial charge is 0.306 e. The van der Waals surface area contributed by atoms with Crippen molar-refractivity contribution in [2.24, 2.45) is 0 Å². The number of hydrogen-bond acceptors (Lipinski definition) is 2. The van der Waals surface area contributed by atoms with Crippen LogP contribution >= 0.6 is 0 Å². The molecule has 3 aromatic rings. The molecule has 1 heterocycles. The van der Waals surface area contributed by atoms with E-state index < -0.39 is 0 Å². The quantitative estimate of drug-likeness (QED) is 0.731. The van der Waals surface area contributed by atoms with Crippen molar-refractivity contribution in [2.75, 3.05) is 0 Å². The standard InChI is InChI=1S/C17H16N2O/c1-10-4-5-15-14(9-10)17(20)19-16(18-15)13-7-11(2)6-12(3)8-13/h4-9H,1-3H3,(H,18,19,20). The highest BCUT2D eigenvalue weighted by Crippen LogP contribution is 2.19. The van der Waals surface area contributed by atoms with E-state index in [1.807, 2.05) is 51.1 Å². The lowest BCUT2D eigenvalue weighted by atomic mass is 10.1. The summed E-state index contributed by atoms with van der Waals surface area (Å²) in [6, 6.07) is 11.9. The Bertz CT molecular complexity index is 842. The van der Waals surface area contributed by atoms with Gasteiger partial charge in [0.1, 0.15) is 5.82 Å². The molecule has 0 radical (unpaired) electrons. The summed E-state index contributed by atoms with van der Waals surface area (Å²) < 4.78 is 0. The summed E-state index contributed by atoms with van der Waals surface area (Å²) in [6.45, 7) is 6.05. The maximum atomic E-state index is 12.2. The smallest absolute Gasteiger partial charge is 0.259 e. The predicted molar refractivity (Wildman–Crippen MR) is 82.0 cm³/mol. The molecule has 0 spiro atoms. The molecule has 0 saturated carbocycles. The molecule has 3 rings (SSSR count). The Morgan fingerprint density at radius 2 is 1.60 bits per heavy atom. The molecule has 0 aliphatic heterocycles. The van der Waals surface area contributed by atoms with E-state index in [-0.39, 0.29) is 5.56 Å². The van der Waals surface area contributed by atoms with Gasteiger partial charge in [0.15, 0.2) is 0 Å². The van der Waals surface area contributed by atoms with E-state index >= 15 is 0 Å². The highest BCUT2D eigenvalue weighted by Gasteiger charge is 2.07. The second-order valence-electron chi connectivity index (χ2n) is 5.31. The van der Waals surface area contributed by atoms with Gasteiger partial charge in [0.2, 0.25) is 0 Å². The van der Waals surface area contributed by atoms with Crippen LogP contribution in [0.3, 0.4) is 0 Å². The van der Waals surface area contributed by atoms with Gasteiger partial charge in [0.25, 0.3) is 5.56 Å². The summed E-state index contributed by atoms with van der Waals surface area (Å²) in [5.41, 5.74) is 4.96. The van der Waals surface area contributed by atoms with Gasteiger partial charge in [-0.3, -0.25) is 4.79 Å². The van der Waals surface area contributed by atoms with E-state index in [0.29, 0.717) is 11.2 Å². The Balaban J connectivity index is 2.27. The summed E-state index contributed by atoms with van der Waals surface area (Å²) >= 11 is 0. The minimum Gasteiger partial charge on any atom is -0.306 e. The van der Waals surface area contributed by atoms with E-state index in [1.54, 1.807) is 0 Å². The fourth-order valence-corrected chi connectivity index (χ4v) is 2.50. The number of rotatable bonds is 1. The first-order valence-corrected chi connectivity index (χ1v) is 6.62. The fraction of sp³-hybridized carbons (Fsp3) is 0.176. The number of benzene rings is 2. The SMILES string of the molecule is Cc1cc(C)cc(-c2nc3ccc(C)cc3c(=O)[nH]2)c1. The zero-order chi connectivity index (χ0) is 14.3. The summed E-state index contributed by atoms with van der Waals surface area (Å²) in [7, 11) is 0. The Labute approximate surface area is 117 Å². The molecular formula is C17H16N2O. The van der Waals surface area contributed by atoms with E-state index in [4.69, 9.17) is 0 Å². The van der Waals surface area contributed by atoms with Gasteiger partial charge in [-0.1, -0.05) is 28.8 Å². The second-order valence-corrected chi connectivity index (χ2v) is 5.31. The average Bonchev–Trinajstić information content (AvgIpc) is 2.38. The van der Waals surface area contributed by atoms with Gasteiger partial charge in [0, 0.05) is 5.56 Å². The third kappa shape index (κ3) is 2.23. The number of fused-ring (bicyclic) bond motifs is 1. The monoisotopic (exact) mass is 264 g/mol. The lowest BCUT2D eigenvalue weighted by Crippen LogP contribution is -2.09. The van der Waals surface area contributed by atoms with Crippen molar-refractivity contribution >= 4 is 10.9 Å². The molecule has 2 aromatic carbocycles. The molecule has 0 amide bonds. The number of aromatic amines is 1. The van der Waals surface area contributed by atoms with E-state index in [9.17, 15) is 4.79 Å². The molecule has 0 aliphatic rings. The van der Waals surface area contributed by atoms with Crippen molar-refractivity contribution in [2.45, 2.75) is 20.8 Å². The van der Waals surface area contributed by atoms with Crippen LogP contribution in [0.2, 0.25) is 0 Å². The third-order valence-corrected chi connectivity index (χ3v) is 3.36. The van der Waals surface area contributed by atoms with Crippen molar-refractivity contribution in [1.29, 1.82) is 0 Å². The van der Waals surface area contributed by atoms with Crippen molar-refractivity contribution in [3.63, 3.8) is 0 Å². The maximum absolute atomic E-state index is 12.2. The summed E-state index contributed by atoms with van der Waals surface area (Å²) in [5, 5.41) is 0.637. The molecule has 100 valence electrons. The number of aryl methyl sites for hydroxylation is 3. The Kier molecular flexibility index (Phi) is 2.90. The van der Waals surface area contributed by atoms with Crippen molar-refractivity contribution < 1.29 is 0 Å². The summed E-state index contributed by atoms with van der Waals surface area (Å²) in [6.07, 6.45) is 0. The molecule has 3 nitrogen and oxygen atoms in total. The number of aromatic nitrogens is 2. The zero-order valence-corrected chi connectivity index (χ0v) is 11.8. The first kappa shape index (κ1) is 12.6. The normalized spacial score (nSPS) is 10.9. The molecule has 0 saturated heterocycles. The molecular weight excluding hydrogens is 248 g/mol. The molecule has 0 aliphatic carbocycles. The molecule has 1 aromatic heterocycles. The van der Waals surface area contributed by atoms with E-state index in [2.05, 4.69) is 16.0 Å². The maximum Gasteiger partial charge on any atom is 0.259 e. The van der Waals surface area contributed by atoms with Crippen LogP contribution in [-0.2, 0) is 0 Å². The summed E-state index contributed by atoms with van der Waals surface area (Å²) in [5.74, 6) is 0.623. The van der Waals surface area contributed by atoms with Crippen molar-refractivity contribution in [3.05, 3.63) is 63.4 Å². The second kappa shape index (κ2) is 4.60. The zero-order valence-electron chi connectivity index (χ0n) is 11.8. The van der Waals surface area contributed by atoms with Gasteiger partial charge in [-0.05, 0) is 45.0 Å². The van der Waals surface area contributed by atoms with E-state index in [0.717, 1.165) is 27.8 Å². The van der Waals surface area contributed by atoms with Crippen LogP contribution in [0, 0.1) is 20.8 Å². The topological polar surface area (TPSA) is 45.8 Å². The highest BCUT2D eigenvalue weighted by molar-refractivity contribution is 5.80. The molecule has 20 heavy (non-hydrogen) atoms. The van der Waals surface area contributed by atoms with Gasteiger partial charge >= 0.3 is 0 Å². The van der Waals surface area contributed by atoms with Crippen LogP contribution in [0.25, 0.3) is 22.3 Å². The first-order chi connectivity index (χ1) is 9.52. The Hall–Kier alpha value is -2.42. The number of nitrogens with one attached hydrogen (secondary N) is 1. The van der Waals surface area contributed by atoms with Gasteiger partial charge in [0.05, 0.1) is 10.9 Å². The first-order valence-electron chi connectivity index (χ1n) is 6.62. The van der Waals surface area contributed by atoms with Gasteiger partial charge in [-0.25, -0.2) is 4.98 Å². The molecule has 0 fully saturated rings. The van der Waals surface area contributed by atoms with Crippen molar-refractivity contribution in [1.82, 2.24) is 9.97 Å². The molecule has 0 atom stereocenters. The Morgan fingerprint density at radius 1 is 0.900 bits per heavy atom. The van der Waals surface area contributed by atoms with E-state index in [1.165, 1.54) is 0 Å². The average molecular weight is 264 g/mol. The summed E-state index contributed by atoms with van der Waals surface area (Å²) in [4.78, 5) is 19.7. The predicted octanol–water partition coefficient (Wildman–Crippen LogP) is 3.52. The lowest BCUT2D eigenvalue weighted by Gasteiger charge is -2.06. The van der Waals surface area contributed by atoms with Gasteiger partial charge < -0.3 is 4.98 Å². The number of nitrogens with zero attached hydrogens (tertiary/aromatic N) is 1. The van der Waals surface area contributed by atoms with Crippen LogP contribution < -0.4 is 5.56 Å². The number of H-pyrrole nitrogens is 1.